The fourth-order valence-electron chi connectivity index (χ4n) is 0.939. The molecule has 16 heavy (non-hydrogen) atoms. The first-order chi connectivity index (χ1) is 7.20. The highest BCUT2D eigenvalue weighted by atomic mass is 32.2. The molecule has 98 valence electrons. The highest BCUT2D eigenvalue weighted by Gasteiger charge is 2.43. The Morgan fingerprint density at radius 3 is 2.00 bits per heavy atom. The Balaban J connectivity index is 0.000000385. The third-order valence-electron chi connectivity index (χ3n) is 1.59. The van der Waals surface area contributed by atoms with Crippen molar-refractivity contribution < 1.29 is 42.5 Å². The molecule has 4 atom stereocenters. The second-order valence-corrected chi connectivity index (χ2v) is 4.49. The van der Waals surface area contributed by atoms with E-state index in [2.05, 4.69) is 9.68 Å². The Morgan fingerprint density at radius 2 is 1.81 bits per heavy atom. The summed E-state index contributed by atoms with van der Waals surface area (Å²) >= 11 is 0. The van der Waals surface area contributed by atoms with Crippen molar-refractivity contribution in [3.63, 3.8) is 0 Å². The van der Waals surface area contributed by atoms with Gasteiger partial charge in [-0.05, 0) is 4.53 Å². The van der Waals surface area contributed by atoms with Crippen molar-refractivity contribution in [3.8, 4) is 0 Å². The lowest BCUT2D eigenvalue weighted by Crippen LogP contribution is -2.33. The molecule has 0 aromatic heterocycles. The van der Waals surface area contributed by atoms with E-state index in [1.165, 1.54) is 0 Å². The van der Waals surface area contributed by atoms with Gasteiger partial charge < -0.3 is 20.1 Å². The van der Waals surface area contributed by atoms with Crippen LogP contribution in [0.5, 0.6) is 0 Å². The van der Waals surface area contributed by atoms with Crippen LogP contribution in [-0.4, -0.2) is 65.8 Å². The van der Waals surface area contributed by atoms with Crippen molar-refractivity contribution in [2.75, 3.05) is 12.9 Å². The van der Waals surface area contributed by atoms with E-state index in [1.54, 1.807) is 0 Å². The maximum absolute atomic E-state index is 11.5. The molecule has 1 unspecified atom stereocenters. The molecule has 0 spiro atoms. The number of aliphatic hydroxyl groups is 3. The van der Waals surface area contributed by atoms with Crippen LogP contribution in [0, 0.1) is 0 Å². The second kappa shape index (κ2) is 6.39. The first-order valence-electron chi connectivity index (χ1n) is 4.03. The smallest absolute Gasteiger partial charge is 0.261 e. The van der Waals surface area contributed by atoms with Crippen molar-refractivity contribution in [2.24, 2.45) is 0 Å². The molecule has 0 bridgehead atoms. The van der Waals surface area contributed by atoms with Crippen LogP contribution in [0.3, 0.4) is 0 Å². The minimum absolute atomic E-state index is 0.488. The third-order valence-corrected chi connectivity index (χ3v) is 1.59. The van der Waals surface area contributed by atoms with E-state index in [0.717, 1.165) is 0 Å². The average molecular weight is 264 g/mol. The maximum Gasteiger partial charge on any atom is 0.261 e. The molecule has 0 radical (unpaired) electrons. The van der Waals surface area contributed by atoms with E-state index in [0.29, 0.717) is 6.26 Å². The van der Waals surface area contributed by atoms with Gasteiger partial charge in [0.15, 0.2) is 0 Å². The summed E-state index contributed by atoms with van der Waals surface area (Å²) in [6.07, 6.45) is -4.52. The van der Waals surface area contributed by atoms with Gasteiger partial charge in [0.2, 0.25) is 6.29 Å². The molecule has 0 aromatic carbocycles. The number of aliphatic hydroxyl groups excluding tert-OH is 3. The quantitative estimate of drug-likeness (QED) is 0.414. The predicted octanol–water partition coefficient (Wildman–Crippen LogP) is -2.17. The third kappa shape index (κ3) is 5.65. The van der Waals surface area contributed by atoms with Crippen LogP contribution in [0.1, 0.15) is 0 Å². The molecule has 4 N–H and O–H groups in total. The zero-order valence-corrected chi connectivity index (χ0v) is 9.04. The van der Waals surface area contributed by atoms with Gasteiger partial charge in [0, 0.05) is 0 Å². The van der Waals surface area contributed by atoms with E-state index in [-0.39, 0.29) is 0 Å². The van der Waals surface area contributed by atoms with E-state index in [9.17, 15) is 12.9 Å². The fourth-order valence-corrected chi connectivity index (χ4v) is 0.939. The molecule has 1 saturated heterocycles. The minimum Gasteiger partial charge on any atom is -0.394 e. The largest absolute Gasteiger partial charge is 0.394 e. The molecule has 1 heterocycles. The van der Waals surface area contributed by atoms with Crippen molar-refractivity contribution in [1.29, 1.82) is 0 Å². The van der Waals surface area contributed by atoms with Crippen LogP contribution in [-0.2, 0) is 19.8 Å². The van der Waals surface area contributed by atoms with Crippen LogP contribution >= 0.6 is 0 Å². The Labute approximate surface area is 90.9 Å². The highest BCUT2D eigenvalue weighted by Crippen LogP contribution is 2.21. The Bertz CT molecular complexity index is 267. The topological polar surface area (TPSA) is 134 Å². The molecule has 0 saturated carbocycles. The fraction of sp³-hybridized carbons (Fsp3) is 1.00. The SMILES string of the molecule is CS(=O)(=O)O.OC[C@H]1OC(OF)[C@H](O)[C@@H]1O. The Hall–Kier alpha value is -0.360. The van der Waals surface area contributed by atoms with Crippen molar-refractivity contribution in [3.05, 3.63) is 0 Å². The normalized spacial score (nSPS) is 34.4. The summed E-state index contributed by atoms with van der Waals surface area (Å²) in [5.74, 6) is 0. The zero-order chi connectivity index (χ0) is 12.9. The summed E-state index contributed by atoms with van der Waals surface area (Å²) in [6, 6.07) is 0. The first-order valence-corrected chi connectivity index (χ1v) is 5.87. The van der Waals surface area contributed by atoms with Crippen LogP contribution in [0.2, 0.25) is 0 Å². The van der Waals surface area contributed by atoms with Gasteiger partial charge >= 0.3 is 0 Å². The lowest BCUT2D eigenvalue weighted by Gasteiger charge is -2.09. The predicted molar refractivity (Wildman–Crippen MR) is 47.4 cm³/mol. The first kappa shape index (κ1) is 15.6. The number of hydrogen-bond donors (Lipinski definition) is 4. The van der Waals surface area contributed by atoms with Crippen LogP contribution in [0.25, 0.3) is 0 Å². The lowest BCUT2D eigenvalue weighted by atomic mass is 10.1. The molecular weight excluding hydrogens is 251 g/mol. The summed E-state index contributed by atoms with van der Waals surface area (Å²) in [5.41, 5.74) is 0. The zero-order valence-electron chi connectivity index (χ0n) is 8.22. The average Bonchev–Trinajstić information content (AvgIpc) is 2.41. The summed E-state index contributed by atoms with van der Waals surface area (Å²) in [5, 5.41) is 26.4. The Kier molecular flexibility index (Phi) is 6.25. The minimum atomic E-state index is -3.67. The molecule has 1 fully saturated rings. The molecule has 1 aliphatic heterocycles. The van der Waals surface area contributed by atoms with Gasteiger partial charge in [0.1, 0.15) is 18.3 Å². The van der Waals surface area contributed by atoms with E-state index < -0.39 is 41.3 Å². The van der Waals surface area contributed by atoms with Crippen LogP contribution in [0.15, 0.2) is 0 Å². The van der Waals surface area contributed by atoms with Gasteiger partial charge in [-0.3, -0.25) is 4.55 Å². The summed E-state index contributed by atoms with van der Waals surface area (Å²) in [7, 11) is -3.67. The van der Waals surface area contributed by atoms with E-state index >= 15 is 0 Å². The molecule has 1 aliphatic rings. The number of halogens is 1. The molecule has 0 aliphatic carbocycles. The van der Waals surface area contributed by atoms with Crippen LogP contribution < -0.4 is 0 Å². The van der Waals surface area contributed by atoms with Gasteiger partial charge in [0.05, 0.1) is 12.9 Å². The molecule has 0 amide bonds. The van der Waals surface area contributed by atoms with Crippen molar-refractivity contribution in [2.45, 2.75) is 24.6 Å². The summed E-state index contributed by atoms with van der Waals surface area (Å²) in [6.45, 7) is -0.488. The van der Waals surface area contributed by atoms with Gasteiger partial charge in [-0.1, -0.05) is 0 Å². The Morgan fingerprint density at radius 1 is 1.38 bits per heavy atom. The van der Waals surface area contributed by atoms with Gasteiger partial charge in [-0.15, -0.1) is 0 Å². The maximum atomic E-state index is 11.5. The molecule has 0 aromatic rings. The number of hydrogen-bond acceptors (Lipinski definition) is 7. The number of ether oxygens (including phenoxy) is 1. The van der Waals surface area contributed by atoms with Crippen molar-refractivity contribution >= 4 is 10.1 Å². The summed E-state index contributed by atoms with van der Waals surface area (Å²) < 4.78 is 41.9. The molecule has 10 heteroatoms. The summed E-state index contributed by atoms with van der Waals surface area (Å²) in [4.78, 5) is 3.18. The lowest BCUT2D eigenvalue weighted by molar-refractivity contribution is -0.287. The van der Waals surface area contributed by atoms with Crippen LogP contribution in [0.4, 0.5) is 4.53 Å². The molecule has 8 nitrogen and oxygen atoms in total. The van der Waals surface area contributed by atoms with Gasteiger partial charge in [-0.25, -0.2) is 0 Å². The number of rotatable bonds is 2. The monoisotopic (exact) mass is 264 g/mol. The van der Waals surface area contributed by atoms with Gasteiger partial charge in [-0.2, -0.15) is 13.4 Å². The second-order valence-electron chi connectivity index (χ2n) is 3.03. The van der Waals surface area contributed by atoms with E-state index in [1.807, 2.05) is 0 Å². The molecule has 1 rings (SSSR count). The van der Waals surface area contributed by atoms with Gasteiger partial charge in [0.25, 0.3) is 10.1 Å². The standard InChI is InChI=1S/C5H9FO5.CH4O3S/c6-11-5-4(9)3(8)2(1-7)10-5;1-5(2,3)4/h2-5,7-9H,1H2;1H3,(H,2,3,4)/t2-,3-,4-,5?;/m1./s1. The van der Waals surface area contributed by atoms with E-state index in [4.69, 9.17) is 19.9 Å². The highest BCUT2D eigenvalue weighted by molar-refractivity contribution is 7.85. The van der Waals surface area contributed by atoms with Crippen molar-refractivity contribution in [1.82, 2.24) is 0 Å². The molecular formula is C6H13FO8S.